The van der Waals surface area contributed by atoms with E-state index in [0.29, 0.717) is 13.0 Å². The van der Waals surface area contributed by atoms with Gasteiger partial charge < -0.3 is 11.1 Å². The number of rotatable bonds is 10. The molecule has 1 aromatic rings. The highest BCUT2D eigenvalue weighted by atomic mass is 16.1. The molecule has 1 aliphatic heterocycles. The lowest BCUT2D eigenvalue weighted by Gasteiger charge is -2.37. The average molecular weight is 346 g/mol. The molecule has 0 bridgehead atoms. The van der Waals surface area contributed by atoms with Gasteiger partial charge in [0.1, 0.15) is 0 Å². The number of amides is 1. The predicted octanol–water partition coefficient (Wildman–Crippen LogP) is 3.49. The number of hydrogen-bond donors (Lipinski definition) is 2. The molecule has 4 heteroatoms. The Labute approximate surface area is 153 Å². The van der Waals surface area contributed by atoms with Gasteiger partial charge in [-0.3, -0.25) is 9.69 Å². The Morgan fingerprint density at radius 2 is 1.84 bits per heavy atom. The van der Waals surface area contributed by atoms with Crippen LogP contribution in [0.3, 0.4) is 0 Å². The molecule has 2 rings (SSSR count). The molecule has 4 nitrogen and oxygen atoms in total. The maximum atomic E-state index is 12.2. The molecule has 140 valence electrons. The van der Waals surface area contributed by atoms with Crippen molar-refractivity contribution in [3.63, 3.8) is 0 Å². The number of carbonyl (C=O) groups is 1. The van der Waals surface area contributed by atoms with Gasteiger partial charge in [-0.25, -0.2) is 0 Å². The third-order valence-corrected chi connectivity index (χ3v) is 5.29. The summed E-state index contributed by atoms with van der Waals surface area (Å²) in [5.74, 6) is 0.995. The number of nitrogens with zero attached hydrogens (tertiary/aromatic N) is 1. The number of nitrogens with one attached hydrogen (secondary N) is 1. The van der Waals surface area contributed by atoms with Crippen molar-refractivity contribution in [3.05, 3.63) is 35.9 Å². The fourth-order valence-electron chi connectivity index (χ4n) is 3.56. The first-order valence-corrected chi connectivity index (χ1v) is 9.96. The molecule has 0 saturated carbocycles. The molecule has 1 unspecified atom stereocenters. The van der Waals surface area contributed by atoms with Crippen LogP contribution in [0, 0.1) is 5.92 Å². The maximum Gasteiger partial charge on any atom is 0.220 e. The molecule has 0 aliphatic carbocycles. The Bertz CT molecular complexity index is 483. The molecule has 3 N–H and O–H groups in total. The number of carbonyl (C=O) groups excluding carboxylic acids is 1. The van der Waals surface area contributed by atoms with Gasteiger partial charge in [0.25, 0.3) is 0 Å². The highest BCUT2D eigenvalue weighted by Gasteiger charge is 2.24. The number of unbranched alkanes of at least 4 members (excludes halogenated alkanes) is 3. The number of nitrogens with two attached hydrogens (primary N) is 1. The van der Waals surface area contributed by atoms with Crippen molar-refractivity contribution < 1.29 is 4.79 Å². The van der Waals surface area contributed by atoms with Gasteiger partial charge in [0.05, 0.1) is 6.04 Å². The second kappa shape index (κ2) is 11.3. The molecule has 0 radical (unpaired) electrons. The van der Waals surface area contributed by atoms with Crippen molar-refractivity contribution in [2.24, 2.45) is 11.7 Å². The first-order chi connectivity index (χ1) is 12.2. The van der Waals surface area contributed by atoms with Crippen molar-refractivity contribution in [3.8, 4) is 0 Å². The van der Waals surface area contributed by atoms with Gasteiger partial charge >= 0.3 is 0 Å². The van der Waals surface area contributed by atoms with Crippen LogP contribution < -0.4 is 11.1 Å². The molecule has 0 aromatic heterocycles. The fourth-order valence-corrected chi connectivity index (χ4v) is 3.56. The van der Waals surface area contributed by atoms with Gasteiger partial charge in [0.2, 0.25) is 5.91 Å². The monoisotopic (exact) mass is 345 g/mol. The van der Waals surface area contributed by atoms with Gasteiger partial charge in [-0.1, -0.05) is 50.1 Å². The highest BCUT2D eigenvalue weighted by molar-refractivity contribution is 5.75. The van der Waals surface area contributed by atoms with Crippen LogP contribution in [-0.4, -0.2) is 37.0 Å². The maximum absolute atomic E-state index is 12.2. The van der Waals surface area contributed by atoms with Gasteiger partial charge in [0.15, 0.2) is 0 Å². The minimum atomic E-state index is 0.180. The molecule has 0 spiro atoms. The summed E-state index contributed by atoms with van der Waals surface area (Å²) < 4.78 is 0. The molecule has 1 aromatic carbocycles. The van der Waals surface area contributed by atoms with Crippen LogP contribution in [0.2, 0.25) is 0 Å². The van der Waals surface area contributed by atoms with Gasteiger partial charge in [0, 0.05) is 13.0 Å². The normalized spacial score (nSPS) is 17.4. The van der Waals surface area contributed by atoms with Crippen molar-refractivity contribution in [1.82, 2.24) is 10.2 Å². The van der Waals surface area contributed by atoms with Gasteiger partial charge in [-0.15, -0.1) is 0 Å². The van der Waals surface area contributed by atoms with Crippen LogP contribution in [0.25, 0.3) is 0 Å². The summed E-state index contributed by atoms with van der Waals surface area (Å²) in [5, 5.41) is 3.18. The molecular formula is C21H35N3O. The first-order valence-electron chi connectivity index (χ1n) is 9.96. The standard InChI is InChI=1S/C21H35N3O/c1-18-12-15-24(16-13-18)20(19-9-5-4-6-10-19)17-23-21(25)11-7-2-3-8-14-22/h4-6,9-10,18,20H,2-3,7-8,11-17,22H2,1H3,(H,23,25). The van der Waals surface area contributed by atoms with Crippen LogP contribution in [-0.2, 0) is 4.79 Å². The minimum absolute atomic E-state index is 0.180. The zero-order chi connectivity index (χ0) is 17.9. The van der Waals surface area contributed by atoms with Gasteiger partial charge in [-0.05, 0) is 56.8 Å². The average Bonchev–Trinajstić information content (AvgIpc) is 2.64. The van der Waals surface area contributed by atoms with Crippen LogP contribution in [0.5, 0.6) is 0 Å². The van der Waals surface area contributed by atoms with Crippen LogP contribution in [0.4, 0.5) is 0 Å². The molecule has 1 heterocycles. The topological polar surface area (TPSA) is 58.4 Å². The Kier molecular flexibility index (Phi) is 8.98. The zero-order valence-corrected chi connectivity index (χ0v) is 15.8. The molecule has 1 amide bonds. The van der Waals surface area contributed by atoms with E-state index in [1.54, 1.807) is 0 Å². The lowest BCUT2D eigenvalue weighted by molar-refractivity contribution is -0.121. The summed E-state index contributed by atoms with van der Waals surface area (Å²) in [6.07, 6.45) is 7.37. The Balaban J connectivity index is 1.83. The summed E-state index contributed by atoms with van der Waals surface area (Å²) in [5.41, 5.74) is 6.81. The zero-order valence-electron chi connectivity index (χ0n) is 15.8. The molecule has 1 atom stereocenters. The van der Waals surface area contributed by atoms with E-state index >= 15 is 0 Å². The minimum Gasteiger partial charge on any atom is -0.354 e. The Morgan fingerprint density at radius 1 is 1.16 bits per heavy atom. The quantitative estimate of drug-likeness (QED) is 0.638. The summed E-state index contributed by atoms with van der Waals surface area (Å²) in [6.45, 7) is 6.03. The number of benzene rings is 1. The lowest BCUT2D eigenvalue weighted by Crippen LogP contribution is -2.41. The summed E-state index contributed by atoms with van der Waals surface area (Å²) in [6, 6.07) is 10.9. The summed E-state index contributed by atoms with van der Waals surface area (Å²) in [7, 11) is 0. The lowest BCUT2D eigenvalue weighted by atomic mass is 9.95. The van der Waals surface area contributed by atoms with Crippen LogP contribution in [0.1, 0.15) is 63.5 Å². The molecule has 1 saturated heterocycles. The first kappa shape index (κ1) is 19.9. The van der Waals surface area contributed by atoms with E-state index in [9.17, 15) is 4.79 Å². The number of likely N-dealkylation sites (tertiary alicyclic amines) is 1. The SMILES string of the molecule is CC1CCN(C(CNC(=O)CCCCCCN)c2ccccc2)CC1. The Hall–Kier alpha value is -1.39. The number of piperidine rings is 1. The summed E-state index contributed by atoms with van der Waals surface area (Å²) >= 11 is 0. The van der Waals surface area contributed by atoms with Crippen molar-refractivity contribution in [1.29, 1.82) is 0 Å². The van der Waals surface area contributed by atoms with Crippen LogP contribution >= 0.6 is 0 Å². The van der Waals surface area contributed by atoms with E-state index in [4.69, 9.17) is 5.73 Å². The molecule has 1 fully saturated rings. The third kappa shape index (κ3) is 7.17. The number of hydrogen-bond acceptors (Lipinski definition) is 3. The van der Waals surface area contributed by atoms with E-state index < -0.39 is 0 Å². The highest BCUT2D eigenvalue weighted by Crippen LogP contribution is 2.26. The van der Waals surface area contributed by atoms with Crippen molar-refractivity contribution in [2.45, 2.75) is 57.9 Å². The van der Waals surface area contributed by atoms with Crippen molar-refractivity contribution >= 4 is 5.91 Å². The second-order valence-corrected chi connectivity index (χ2v) is 7.40. The molecule has 1 aliphatic rings. The fraction of sp³-hybridized carbons (Fsp3) is 0.667. The van der Waals surface area contributed by atoms with Gasteiger partial charge in [-0.2, -0.15) is 0 Å². The van der Waals surface area contributed by atoms with E-state index in [2.05, 4.69) is 47.5 Å². The van der Waals surface area contributed by atoms with E-state index in [-0.39, 0.29) is 11.9 Å². The van der Waals surface area contributed by atoms with E-state index in [0.717, 1.165) is 51.2 Å². The second-order valence-electron chi connectivity index (χ2n) is 7.40. The molecular weight excluding hydrogens is 310 g/mol. The largest absolute Gasteiger partial charge is 0.354 e. The Morgan fingerprint density at radius 3 is 2.52 bits per heavy atom. The van der Waals surface area contributed by atoms with Crippen LogP contribution in [0.15, 0.2) is 30.3 Å². The van der Waals surface area contributed by atoms with E-state index in [1.807, 2.05) is 0 Å². The predicted molar refractivity (Wildman–Crippen MR) is 104 cm³/mol. The summed E-state index contributed by atoms with van der Waals surface area (Å²) in [4.78, 5) is 14.7. The van der Waals surface area contributed by atoms with E-state index in [1.165, 1.54) is 18.4 Å². The third-order valence-electron chi connectivity index (χ3n) is 5.29. The smallest absolute Gasteiger partial charge is 0.220 e. The van der Waals surface area contributed by atoms with Crippen molar-refractivity contribution in [2.75, 3.05) is 26.2 Å². The molecule has 25 heavy (non-hydrogen) atoms.